The molecule has 0 aliphatic carbocycles. The monoisotopic (exact) mass is 366 g/mol. The molecule has 6 heteroatoms. The standard InChI is InChI=1S/C21H22N2O4/c1-15(2)21(24)27-16(3)22(4)19-11-7-17(8-12-19)5-6-18-9-13-20(14-10-18)23(25)26/h5-14,16H,1H2,2-4H3. The first-order chi connectivity index (χ1) is 12.8. The normalized spacial score (nSPS) is 11.8. The van der Waals surface area contributed by atoms with Gasteiger partial charge in [-0.25, -0.2) is 4.79 Å². The van der Waals surface area contributed by atoms with Crippen LogP contribution < -0.4 is 4.90 Å². The highest BCUT2D eigenvalue weighted by Crippen LogP contribution is 2.19. The van der Waals surface area contributed by atoms with Crippen LogP contribution in [0, 0.1) is 10.1 Å². The molecule has 0 radical (unpaired) electrons. The number of carbonyl (C=O) groups excluding carboxylic acids is 1. The molecule has 0 aromatic heterocycles. The molecule has 2 aromatic carbocycles. The average molecular weight is 366 g/mol. The molecular formula is C21H22N2O4. The lowest BCUT2D eigenvalue weighted by atomic mass is 10.1. The Hall–Kier alpha value is -3.41. The zero-order chi connectivity index (χ0) is 20.0. The first-order valence-electron chi connectivity index (χ1n) is 8.40. The number of hydrogen-bond donors (Lipinski definition) is 0. The van der Waals surface area contributed by atoms with Crippen molar-refractivity contribution in [2.75, 3.05) is 11.9 Å². The van der Waals surface area contributed by atoms with E-state index in [2.05, 4.69) is 6.58 Å². The highest BCUT2D eigenvalue weighted by atomic mass is 16.6. The minimum Gasteiger partial charge on any atom is -0.439 e. The van der Waals surface area contributed by atoms with Crippen molar-refractivity contribution in [3.63, 3.8) is 0 Å². The molecule has 27 heavy (non-hydrogen) atoms. The molecule has 0 saturated heterocycles. The fourth-order valence-electron chi connectivity index (χ4n) is 2.26. The molecule has 0 bridgehead atoms. The average Bonchev–Trinajstić information content (AvgIpc) is 2.66. The van der Waals surface area contributed by atoms with Gasteiger partial charge in [-0.1, -0.05) is 30.9 Å². The zero-order valence-corrected chi connectivity index (χ0v) is 15.6. The van der Waals surface area contributed by atoms with E-state index in [1.807, 2.05) is 48.4 Å². The number of non-ortho nitro benzene ring substituents is 1. The Bertz CT molecular complexity index is 855. The lowest BCUT2D eigenvalue weighted by Crippen LogP contribution is -2.33. The van der Waals surface area contributed by atoms with Crippen LogP contribution in [0.5, 0.6) is 0 Å². The maximum Gasteiger partial charge on any atom is 0.335 e. The summed E-state index contributed by atoms with van der Waals surface area (Å²) in [5.41, 5.74) is 3.20. The molecule has 0 heterocycles. The van der Waals surface area contributed by atoms with Crippen LogP contribution in [0.4, 0.5) is 11.4 Å². The summed E-state index contributed by atoms with van der Waals surface area (Å²) in [6.45, 7) is 6.98. The second-order valence-electron chi connectivity index (χ2n) is 6.17. The summed E-state index contributed by atoms with van der Waals surface area (Å²) in [5.74, 6) is -0.419. The topological polar surface area (TPSA) is 72.7 Å². The predicted octanol–water partition coefficient (Wildman–Crippen LogP) is 4.67. The summed E-state index contributed by atoms with van der Waals surface area (Å²) in [6.07, 6.45) is 3.39. The molecule has 0 aliphatic heterocycles. The second kappa shape index (κ2) is 8.80. The third-order valence-corrected chi connectivity index (χ3v) is 4.04. The number of esters is 1. The van der Waals surface area contributed by atoms with E-state index >= 15 is 0 Å². The van der Waals surface area contributed by atoms with E-state index in [1.54, 1.807) is 26.0 Å². The van der Waals surface area contributed by atoms with Gasteiger partial charge in [0, 0.05) is 30.4 Å². The molecule has 0 spiro atoms. The predicted molar refractivity (Wildman–Crippen MR) is 107 cm³/mol. The summed E-state index contributed by atoms with van der Waals surface area (Å²) in [4.78, 5) is 23.7. The van der Waals surface area contributed by atoms with Crippen molar-refractivity contribution in [2.24, 2.45) is 0 Å². The highest BCUT2D eigenvalue weighted by Gasteiger charge is 2.15. The van der Waals surface area contributed by atoms with E-state index in [-0.39, 0.29) is 5.69 Å². The SMILES string of the molecule is C=C(C)C(=O)OC(C)N(C)c1ccc(C=Cc2ccc([N+](=O)[O-])cc2)cc1. The van der Waals surface area contributed by atoms with Gasteiger partial charge in [0.1, 0.15) is 0 Å². The van der Waals surface area contributed by atoms with Crippen LogP contribution in [0.25, 0.3) is 12.2 Å². The van der Waals surface area contributed by atoms with Gasteiger partial charge in [0.05, 0.1) is 4.92 Å². The van der Waals surface area contributed by atoms with Crippen LogP contribution in [0.1, 0.15) is 25.0 Å². The van der Waals surface area contributed by atoms with E-state index in [1.165, 1.54) is 12.1 Å². The molecule has 1 atom stereocenters. The van der Waals surface area contributed by atoms with Crippen LogP contribution in [-0.4, -0.2) is 24.2 Å². The fraction of sp³-hybridized carbons (Fsp3) is 0.190. The smallest absolute Gasteiger partial charge is 0.335 e. The van der Waals surface area contributed by atoms with E-state index < -0.39 is 17.1 Å². The van der Waals surface area contributed by atoms with Crippen molar-refractivity contribution < 1.29 is 14.5 Å². The van der Waals surface area contributed by atoms with Crippen LogP contribution >= 0.6 is 0 Å². The Morgan fingerprint density at radius 3 is 2.04 bits per heavy atom. The zero-order valence-electron chi connectivity index (χ0n) is 15.6. The van der Waals surface area contributed by atoms with Gasteiger partial charge in [0.15, 0.2) is 6.23 Å². The van der Waals surface area contributed by atoms with Gasteiger partial charge in [-0.3, -0.25) is 10.1 Å². The van der Waals surface area contributed by atoms with Gasteiger partial charge >= 0.3 is 5.97 Å². The Labute approximate surface area is 158 Å². The molecule has 2 rings (SSSR count). The summed E-state index contributed by atoms with van der Waals surface area (Å²) in [6, 6.07) is 14.1. The third-order valence-electron chi connectivity index (χ3n) is 4.04. The Kier molecular flexibility index (Phi) is 6.49. The van der Waals surface area contributed by atoms with E-state index in [9.17, 15) is 14.9 Å². The fourth-order valence-corrected chi connectivity index (χ4v) is 2.26. The second-order valence-corrected chi connectivity index (χ2v) is 6.17. The molecule has 140 valence electrons. The van der Waals surface area contributed by atoms with Gasteiger partial charge in [0.2, 0.25) is 0 Å². The number of nitro groups is 1. The van der Waals surface area contributed by atoms with Crippen molar-refractivity contribution in [2.45, 2.75) is 20.1 Å². The highest BCUT2D eigenvalue weighted by molar-refractivity contribution is 5.87. The molecule has 1 unspecified atom stereocenters. The minimum absolute atomic E-state index is 0.0704. The van der Waals surface area contributed by atoms with Crippen molar-refractivity contribution in [3.8, 4) is 0 Å². The largest absolute Gasteiger partial charge is 0.439 e. The van der Waals surface area contributed by atoms with E-state index in [4.69, 9.17) is 4.74 Å². The molecule has 0 N–H and O–H groups in total. The van der Waals surface area contributed by atoms with Crippen molar-refractivity contribution in [1.29, 1.82) is 0 Å². The van der Waals surface area contributed by atoms with Gasteiger partial charge in [0.25, 0.3) is 5.69 Å². The lowest BCUT2D eigenvalue weighted by molar-refractivity contribution is -0.384. The number of carbonyl (C=O) groups is 1. The minimum atomic E-state index is -0.421. The molecule has 0 aliphatic rings. The number of benzene rings is 2. The molecular weight excluding hydrogens is 344 g/mol. The Balaban J connectivity index is 2.02. The molecule has 0 amide bonds. The van der Waals surface area contributed by atoms with Crippen molar-refractivity contribution in [3.05, 3.63) is 81.9 Å². The number of rotatable bonds is 7. The third kappa shape index (κ3) is 5.54. The van der Waals surface area contributed by atoms with E-state index in [0.29, 0.717) is 5.57 Å². The van der Waals surface area contributed by atoms with Gasteiger partial charge in [-0.05, 0) is 49.2 Å². The number of nitrogens with zero attached hydrogens (tertiary/aromatic N) is 2. The summed E-state index contributed by atoms with van der Waals surface area (Å²) >= 11 is 0. The quantitative estimate of drug-likeness (QED) is 0.178. The Morgan fingerprint density at radius 2 is 1.59 bits per heavy atom. The molecule has 2 aromatic rings. The summed E-state index contributed by atoms with van der Waals surface area (Å²) in [5, 5.41) is 10.7. The molecule has 0 fully saturated rings. The first kappa shape index (κ1) is 19.9. The van der Waals surface area contributed by atoms with Crippen LogP contribution in [-0.2, 0) is 9.53 Å². The van der Waals surface area contributed by atoms with Crippen LogP contribution in [0.2, 0.25) is 0 Å². The number of hydrogen-bond acceptors (Lipinski definition) is 5. The number of ether oxygens (including phenoxy) is 1. The molecule has 0 saturated carbocycles. The van der Waals surface area contributed by atoms with Crippen molar-refractivity contribution >= 4 is 29.5 Å². The maximum absolute atomic E-state index is 11.6. The first-order valence-corrected chi connectivity index (χ1v) is 8.40. The Morgan fingerprint density at radius 1 is 1.11 bits per heavy atom. The summed E-state index contributed by atoms with van der Waals surface area (Å²) in [7, 11) is 1.85. The van der Waals surface area contributed by atoms with E-state index in [0.717, 1.165) is 16.8 Å². The van der Waals surface area contributed by atoms with Gasteiger partial charge in [-0.15, -0.1) is 0 Å². The van der Waals surface area contributed by atoms with Crippen LogP contribution in [0.15, 0.2) is 60.7 Å². The maximum atomic E-state index is 11.6. The van der Waals surface area contributed by atoms with Gasteiger partial charge < -0.3 is 9.64 Å². The van der Waals surface area contributed by atoms with Gasteiger partial charge in [-0.2, -0.15) is 0 Å². The lowest BCUT2D eigenvalue weighted by Gasteiger charge is -2.26. The summed E-state index contributed by atoms with van der Waals surface area (Å²) < 4.78 is 5.32. The van der Waals surface area contributed by atoms with Crippen LogP contribution in [0.3, 0.4) is 0 Å². The molecule has 6 nitrogen and oxygen atoms in total. The number of anilines is 1. The van der Waals surface area contributed by atoms with Crippen molar-refractivity contribution in [1.82, 2.24) is 0 Å². The number of nitro benzene ring substituents is 1.